The minimum absolute atomic E-state index is 0.0410. The number of rotatable bonds is 5. The molecule has 1 aliphatic heterocycles. The molecule has 3 atom stereocenters. The van der Waals surface area contributed by atoms with Crippen LogP contribution in [0.15, 0.2) is 24.3 Å². The van der Waals surface area contributed by atoms with E-state index in [1.54, 1.807) is 0 Å². The Morgan fingerprint density at radius 3 is 2.39 bits per heavy atom. The maximum Gasteiger partial charge on any atom is 0.123 e. The van der Waals surface area contributed by atoms with E-state index >= 15 is 0 Å². The number of nitrogens with zero attached hydrogens (tertiary/aromatic N) is 1. The molecule has 1 aromatic rings. The van der Waals surface area contributed by atoms with E-state index in [1.165, 1.54) is 12.0 Å². The summed E-state index contributed by atoms with van der Waals surface area (Å²) in [6.45, 7) is 14.4. The molecular weight excluding hydrogens is 286 g/mol. The summed E-state index contributed by atoms with van der Waals surface area (Å²) in [6, 6.07) is 8.14. The van der Waals surface area contributed by atoms with E-state index < -0.39 is 6.10 Å². The quantitative estimate of drug-likeness (QED) is 0.898. The second-order valence-electron chi connectivity index (χ2n) is 8.38. The summed E-state index contributed by atoms with van der Waals surface area (Å²) in [4.78, 5) is 2.38. The Balaban J connectivity index is 1.89. The molecule has 2 rings (SSSR count). The molecule has 1 heterocycles. The minimum Gasteiger partial charge on any atom is -0.491 e. The molecule has 1 aliphatic rings. The van der Waals surface area contributed by atoms with Crippen LogP contribution in [0.4, 0.5) is 0 Å². The van der Waals surface area contributed by atoms with Gasteiger partial charge in [-0.3, -0.25) is 0 Å². The van der Waals surface area contributed by atoms with Crippen molar-refractivity contribution in [1.29, 1.82) is 0 Å². The van der Waals surface area contributed by atoms with Crippen molar-refractivity contribution in [1.82, 2.24) is 4.90 Å². The van der Waals surface area contributed by atoms with Crippen molar-refractivity contribution in [3.8, 4) is 5.75 Å². The van der Waals surface area contributed by atoms with Crippen LogP contribution >= 0.6 is 0 Å². The first kappa shape index (κ1) is 18.3. The smallest absolute Gasteiger partial charge is 0.123 e. The lowest BCUT2D eigenvalue weighted by atomic mass is 9.86. The average Bonchev–Trinajstić information content (AvgIpc) is 2.43. The van der Waals surface area contributed by atoms with Crippen molar-refractivity contribution < 1.29 is 9.84 Å². The van der Waals surface area contributed by atoms with Crippen LogP contribution in [0.1, 0.15) is 46.6 Å². The van der Waals surface area contributed by atoms with Gasteiger partial charge in [0.15, 0.2) is 0 Å². The lowest BCUT2D eigenvalue weighted by molar-refractivity contribution is 0.0424. The Morgan fingerprint density at radius 1 is 1.17 bits per heavy atom. The highest BCUT2D eigenvalue weighted by atomic mass is 16.5. The van der Waals surface area contributed by atoms with E-state index in [0.717, 1.165) is 18.8 Å². The highest BCUT2D eigenvalue weighted by Gasteiger charge is 2.24. The number of aliphatic hydroxyl groups excluding tert-OH is 1. The van der Waals surface area contributed by atoms with Crippen LogP contribution in [-0.2, 0) is 5.41 Å². The monoisotopic (exact) mass is 319 g/mol. The normalized spacial score (nSPS) is 24.4. The Morgan fingerprint density at radius 2 is 1.78 bits per heavy atom. The first-order valence-corrected chi connectivity index (χ1v) is 8.88. The second kappa shape index (κ2) is 7.67. The number of piperidine rings is 1. The molecule has 0 spiro atoms. The van der Waals surface area contributed by atoms with Gasteiger partial charge in [0, 0.05) is 19.6 Å². The third kappa shape index (κ3) is 5.50. The number of hydrogen-bond donors (Lipinski definition) is 1. The largest absolute Gasteiger partial charge is 0.491 e. The number of hydrogen-bond acceptors (Lipinski definition) is 3. The summed E-state index contributed by atoms with van der Waals surface area (Å²) >= 11 is 0. The molecule has 0 radical (unpaired) electrons. The van der Waals surface area contributed by atoms with Gasteiger partial charge in [-0.25, -0.2) is 0 Å². The standard InChI is InChI=1S/C20H33NO2/c1-15-10-16(2)12-21(11-15)13-17(22)14-23-19-9-7-6-8-18(19)20(3,4)5/h6-9,15-17,22H,10-14H2,1-5H3/t15-,16-,17-/m0/s1. The summed E-state index contributed by atoms with van der Waals surface area (Å²) in [5.74, 6) is 2.32. The highest BCUT2D eigenvalue weighted by Crippen LogP contribution is 2.31. The lowest BCUT2D eigenvalue weighted by Crippen LogP contribution is -2.44. The predicted octanol–water partition coefficient (Wildman–Crippen LogP) is 3.70. The molecule has 0 aliphatic carbocycles. The zero-order chi connectivity index (χ0) is 17.0. The molecular formula is C20H33NO2. The molecule has 0 bridgehead atoms. The van der Waals surface area contributed by atoms with Gasteiger partial charge in [0.25, 0.3) is 0 Å². The Bertz CT molecular complexity index is 485. The second-order valence-corrected chi connectivity index (χ2v) is 8.38. The molecule has 1 N–H and O–H groups in total. The van der Waals surface area contributed by atoms with Crippen molar-refractivity contribution in [3.05, 3.63) is 29.8 Å². The summed E-state index contributed by atoms with van der Waals surface area (Å²) in [6.07, 6.45) is 0.850. The predicted molar refractivity (Wildman–Crippen MR) is 96.0 cm³/mol. The molecule has 0 saturated carbocycles. The highest BCUT2D eigenvalue weighted by molar-refractivity contribution is 5.38. The topological polar surface area (TPSA) is 32.7 Å². The third-order valence-corrected chi connectivity index (χ3v) is 4.54. The molecule has 130 valence electrons. The summed E-state index contributed by atoms with van der Waals surface area (Å²) in [5.41, 5.74) is 1.23. The molecule has 1 aromatic carbocycles. The Labute approximate surface area is 141 Å². The van der Waals surface area contributed by atoms with Crippen LogP contribution in [0.25, 0.3) is 0 Å². The van der Waals surface area contributed by atoms with Crippen molar-refractivity contribution in [2.45, 2.75) is 52.6 Å². The van der Waals surface area contributed by atoms with Crippen molar-refractivity contribution in [3.63, 3.8) is 0 Å². The van der Waals surface area contributed by atoms with Crippen LogP contribution in [0.3, 0.4) is 0 Å². The van der Waals surface area contributed by atoms with Crippen LogP contribution in [0.2, 0.25) is 0 Å². The summed E-state index contributed by atoms with van der Waals surface area (Å²) in [5, 5.41) is 10.4. The number of ether oxygens (including phenoxy) is 1. The van der Waals surface area contributed by atoms with Crippen molar-refractivity contribution in [2.24, 2.45) is 11.8 Å². The van der Waals surface area contributed by atoms with Gasteiger partial charge in [-0.2, -0.15) is 0 Å². The molecule has 0 unspecified atom stereocenters. The lowest BCUT2D eigenvalue weighted by Gasteiger charge is -2.36. The Kier molecular flexibility index (Phi) is 6.10. The van der Waals surface area contributed by atoms with E-state index in [4.69, 9.17) is 4.74 Å². The fourth-order valence-corrected chi connectivity index (χ4v) is 3.69. The number of likely N-dealkylation sites (tertiary alicyclic amines) is 1. The maximum absolute atomic E-state index is 10.4. The zero-order valence-corrected chi connectivity index (χ0v) is 15.4. The Hall–Kier alpha value is -1.06. The van der Waals surface area contributed by atoms with Gasteiger partial charge in [-0.1, -0.05) is 52.8 Å². The number of aliphatic hydroxyl groups is 1. The van der Waals surface area contributed by atoms with Gasteiger partial charge in [0.1, 0.15) is 18.5 Å². The first-order valence-electron chi connectivity index (χ1n) is 8.88. The van der Waals surface area contributed by atoms with E-state index in [1.807, 2.05) is 18.2 Å². The van der Waals surface area contributed by atoms with E-state index in [-0.39, 0.29) is 5.41 Å². The van der Waals surface area contributed by atoms with E-state index in [9.17, 15) is 5.11 Å². The molecule has 1 saturated heterocycles. The number of β-amino-alcohol motifs (C(OH)–C–C–N with tert-alkyl or cyclic N) is 1. The maximum atomic E-state index is 10.4. The van der Waals surface area contributed by atoms with Gasteiger partial charge in [-0.05, 0) is 35.3 Å². The third-order valence-electron chi connectivity index (χ3n) is 4.54. The fourth-order valence-electron chi connectivity index (χ4n) is 3.69. The van der Waals surface area contributed by atoms with Crippen LogP contribution < -0.4 is 4.74 Å². The summed E-state index contributed by atoms with van der Waals surface area (Å²) in [7, 11) is 0. The molecule has 0 amide bonds. The fraction of sp³-hybridized carbons (Fsp3) is 0.700. The SMILES string of the molecule is C[C@H]1C[C@H](C)CN(C[C@H](O)COc2ccccc2C(C)(C)C)C1. The van der Waals surface area contributed by atoms with E-state index in [2.05, 4.69) is 45.6 Å². The van der Waals surface area contributed by atoms with Gasteiger partial charge >= 0.3 is 0 Å². The molecule has 0 aromatic heterocycles. The summed E-state index contributed by atoms with van der Waals surface area (Å²) < 4.78 is 5.94. The zero-order valence-electron chi connectivity index (χ0n) is 15.4. The van der Waals surface area contributed by atoms with Crippen LogP contribution in [-0.4, -0.2) is 42.4 Å². The number of benzene rings is 1. The molecule has 3 heteroatoms. The van der Waals surface area contributed by atoms with Gasteiger partial charge in [0.2, 0.25) is 0 Å². The van der Waals surface area contributed by atoms with Crippen molar-refractivity contribution in [2.75, 3.05) is 26.2 Å². The molecule has 1 fully saturated rings. The first-order chi connectivity index (χ1) is 10.8. The molecule has 23 heavy (non-hydrogen) atoms. The van der Waals surface area contributed by atoms with Crippen molar-refractivity contribution >= 4 is 0 Å². The van der Waals surface area contributed by atoms with Gasteiger partial charge in [-0.15, -0.1) is 0 Å². The van der Waals surface area contributed by atoms with Gasteiger partial charge in [0.05, 0.1) is 0 Å². The minimum atomic E-state index is -0.444. The van der Waals surface area contributed by atoms with Crippen LogP contribution in [0, 0.1) is 11.8 Å². The van der Waals surface area contributed by atoms with E-state index in [0.29, 0.717) is 25.0 Å². The average molecular weight is 319 g/mol. The molecule has 3 nitrogen and oxygen atoms in total. The number of para-hydroxylation sites is 1. The van der Waals surface area contributed by atoms with Crippen LogP contribution in [0.5, 0.6) is 5.75 Å². The van der Waals surface area contributed by atoms with Gasteiger partial charge < -0.3 is 14.7 Å².